The molecule has 1 aromatic carbocycles. The number of benzene rings is 1. The summed E-state index contributed by atoms with van der Waals surface area (Å²) in [5.74, 6) is 0.457. The largest absolute Gasteiger partial charge is 0.373 e. The molecule has 0 aliphatic carbocycles. The fourth-order valence-electron chi connectivity index (χ4n) is 2.17. The number of ether oxygens (including phenoxy) is 1. The predicted molar refractivity (Wildman–Crippen MR) is 79.8 cm³/mol. The summed E-state index contributed by atoms with van der Waals surface area (Å²) < 4.78 is 6.49. The summed E-state index contributed by atoms with van der Waals surface area (Å²) in [5.41, 5.74) is 1.71. The van der Waals surface area contributed by atoms with Gasteiger partial charge >= 0.3 is 0 Å². The van der Waals surface area contributed by atoms with E-state index in [0.29, 0.717) is 19.0 Å². The smallest absolute Gasteiger partial charge is 0.254 e. The zero-order chi connectivity index (χ0) is 14.0. The van der Waals surface area contributed by atoms with Crippen LogP contribution in [0.3, 0.4) is 0 Å². The molecule has 2 atom stereocenters. The average molecular weight is 347 g/mol. The number of carbonyl (C=O) groups is 1. The number of halogens is 2. The Labute approximate surface area is 127 Å². The van der Waals surface area contributed by atoms with Gasteiger partial charge in [-0.05, 0) is 31.5 Å². The lowest BCUT2D eigenvalue weighted by Crippen LogP contribution is -2.51. The van der Waals surface area contributed by atoms with Crippen molar-refractivity contribution in [1.29, 1.82) is 0 Å². The Morgan fingerprint density at radius 2 is 2.32 bits per heavy atom. The number of carbonyl (C=O) groups excluding carboxylic acids is 1. The van der Waals surface area contributed by atoms with Crippen molar-refractivity contribution in [2.75, 3.05) is 19.0 Å². The van der Waals surface area contributed by atoms with Crippen molar-refractivity contribution in [3.05, 3.63) is 33.8 Å². The Morgan fingerprint density at radius 1 is 1.58 bits per heavy atom. The van der Waals surface area contributed by atoms with Gasteiger partial charge < -0.3 is 9.64 Å². The standard InChI is InChI=1S/C14H17BrClNO2/c1-9-3-4-11(15)5-13(9)14(18)17-7-12(6-16)19-8-10(17)2/h3-5,10,12H,6-8H2,1-2H3. The van der Waals surface area contributed by atoms with E-state index >= 15 is 0 Å². The number of hydrogen-bond donors (Lipinski definition) is 0. The van der Waals surface area contributed by atoms with Crippen molar-refractivity contribution in [3.8, 4) is 0 Å². The van der Waals surface area contributed by atoms with E-state index in [9.17, 15) is 4.79 Å². The Bertz CT molecular complexity index is 481. The van der Waals surface area contributed by atoms with Gasteiger partial charge in [-0.3, -0.25) is 4.79 Å². The molecule has 104 valence electrons. The van der Waals surface area contributed by atoms with Gasteiger partial charge in [0.1, 0.15) is 0 Å². The minimum absolute atomic E-state index is 0.0460. The van der Waals surface area contributed by atoms with Crippen LogP contribution in [-0.2, 0) is 4.74 Å². The molecule has 1 fully saturated rings. The highest BCUT2D eigenvalue weighted by Gasteiger charge is 2.30. The van der Waals surface area contributed by atoms with Crippen molar-refractivity contribution < 1.29 is 9.53 Å². The predicted octanol–water partition coefficient (Wildman–Crippen LogP) is 3.23. The highest BCUT2D eigenvalue weighted by atomic mass is 79.9. The molecule has 2 unspecified atom stereocenters. The number of rotatable bonds is 2. The van der Waals surface area contributed by atoms with Gasteiger partial charge in [0.15, 0.2) is 0 Å². The van der Waals surface area contributed by atoms with E-state index in [4.69, 9.17) is 16.3 Å². The van der Waals surface area contributed by atoms with E-state index in [1.54, 1.807) is 0 Å². The second kappa shape index (κ2) is 6.25. The second-order valence-electron chi connectivity index (χ2n) is 4.88. The summed E-state index contributed by atoms with van der Waals surface area (Å²) in [6.45, 7) is 5.03. The first-order valence-electron chi connectivity index (χ1n) is 6.27. The van der Waals surface area contributed by atoms with E-state index in [1.165, 1.54) is 0 Å². The first-order valence-corrected chi connectivity index (χ1v) is 7.60. The van der Waals surface area contributed by atoms with Crippen LogP contribution in [0.1, 0.15) is 22.8 Å². The fourth-order valence-corrected chi connectivity index (χ4v) is 2.72. The lowest BCUT2D eigenvalue weighted by Gasteiger charge is -2.37. The van der Waals surface area contributed by atoms with E-state index < -0.39 is 0 Å². The summed E-state index contributed by atoms with van der Waals surface area (Å²) in [7, 11) is 0. The third-order valence-corrected chi connectivity index (χ3v) is 4.21. The fraction of sp³-hybridized carbons (Fsp3) is 0.500. The lowest BCUT2D eigenvalue weighted by molar-refractivity contribution is -0.0372. The second-order valence-corrected chi connectivity index (χ2v) is 6.10. The van der Waals surface area contributed by atoms with Crippen LogP contribution in [0.25, 0.3) is 0 Å². The van der Waals surface area contributed by atoms with E-state index in [2.05, 4.69) is 15.9 Å². The van der Waals surface area contributed by atoms with Crippen LogP contribution >= 0.6 is 27.5 Å². The van der Waals surface area contributed by atoms with Crippen LogP contribution in [0, 0.1) is 6.92 Å². The van der Waals surface area contributed by atoms with Crippen LogP contribution in [0.2, 0.25) is 0 Å². The lowest BCUT2D eigenvalue weighted by atomic mass is 10.1. The molecule has 0 spiro atoms. The molecule has 19 heavy (non-hydrogen) atoms. The van der Waals surface area contributed by atoms with Crippen LogP contribution in [0.4, 0.5) is 0 Å². The van der Waals surface area contributed by atoms with Gasteiger partial charge in [0.05, 0.1) is 24.6 Å². The molecule has 1 amide bonds. The number of amides is 1. The molecular formula is C14H17BrClNO2. The van der Waals surface area contributed by atoms with E-state index in [0.717, 1.165) is 15.6 Å². The topological polar surface area (TPSA) is 29.5 Å². The van der Waals surface area contributed by atoms with Crippen LogP contribution in [0.5, 0.6) is 0 Å². The van der Waals surface area contributed by atoms with Gasteiger partial charge in [-0.25, -0.2) is 0 Å². The first-order chi connectivity index (χ1) is 9.02. The molecule has 1 aliphatic rings. The van der Waals surface area contributed by atoms with Crippen LogP contribution in [0.15, 0.2) is 22.7 Å². The Balaban J connectivity index is 2.24. The molecule has 0 saturated carbocycles. The van der Waals surface area contributed by atoms with Crippen molar-refractivity contribution in [1.82, 2.24) is 4.90 Å². The van der Waals surface area contributed by atoms with Crippen molar-refractivity contribution in [2.45, 2.75) is 26.0 Å². The quantitative estimate of drug-likeness (QED) is 0.770. The third kappa shape index (κ3) is 3.30. The summed E-state index contributed by atoms with van der Waals surface area (Å²) in [6, 6.07) is 5.83. The molecule has 3 nitrogen and oxygen atoms in total. The Kier molecular flexibility index (Phi) is 4.87. The van der Waals surface area contributed by atoms with Crippen LogP contribution in [-0.4, -0.2) is 42.0 Å². The molecule has 0 N–H and O–H groups in total. The van der Waals surface area contributed by atoms with Gasteiger partial charge in [0, 0.05) is 16.6 Å². The molecule has 1 heterocycles. The van der Waals surface area contributed by atoms with Gasteiger partial charge in [-0.2, -0.15) is 0 Å². The van der Waals surface area contributed by atoms with Crippen molar-refractivity contribution in [3.63, 3.8) is 0 Å². The highest BCUT2D eigenvalue weighted by Crippen LogP contribution is 2.21. The number of nitrogens with zero attached hydrogens (tertiary/aromatic N) is 1. The van der Waals surface area contributed by atoms with E-state index in [-0.39, 0.29) is 18.1 Å². The van der Waals surface area contributed by atoms with E-state index in [1.807, 2.05) is 36.9 Å². The summed E-state index contributed by atoms with van der Waals surface area (Å²) >= 11 is 9.24. The number of hydrogen-bond acceptors (Lipinski definition) is 2. The number of aryl methyl sites for hydroxylation is 1. The summed E-state index contributed by atoms with van der Waals surface area (Å²) in [6.07, 6.45) is -0.0747. The Morgan fingerprint density at radius 3 is 3.00 bits per heavy atom. The number of alkyl halides is 1. The zero-order valence-corrected chi connectivity index (χ0v) is 13.4. The minimum atomic E-state index is -0.0747. The SMILES string of the molecule is Cc1ccc(Br)cc1C(=O)N1CC(CCl)OCC1C. The van der Waals surface area contributed by atoms with Crippen molar-refractivity contribution in [2.24, 2.45) is 0 Å². The molecule has 0 aromatic heterocycles. The molecule has 1 aromatic rings. The average Bonchev–Trinajstić information content (AvgIpc) is 2.41. The maximum Gasteiger partial charge on any atom is 0.254 e. The molecule has 0 bridgehead atoms. The molecule has 1 saturated heterocycles. The maximum atomic E-state index is 12.7. The molecule has 0 radical (unpaired) electrons. The minimum Gasteiger partial charge on any atom is -0.373 e. The van der Waals surface area contributed by atoms with Gasteiger partial charge in [-0.15, -0.1) is 11.6 Å². The molecular weight excluding hydrogens is 330 g/mol. The maximum absolute atomic E-state index is 12.7. The normalized spacial score (nSPS) is 23.5. The monoisotopic (exact) mass is 345 g/mol. The van der Waals surface area contributed by atoms with Gasteiger partial charge in [0.2, 0.25) is 0 Å². The highest BCUT2D eigenvalue weighted by molar-refractivity contribution is 9.10. The van der Waals surface area contributed by atoms with Gasteiger partial charge in [-0.1, -0.05) is 22.0 Å². The number of morpholine rings is 1. The Hall–Kier alpha value is -0.580. The molecule has 5 heteroatoms. The molecule has 1 aliphatic heterocycles. The third-order valence-electron chi connectivity index (χ3n) is 3.37. The van der Waals surface area contributed by atoms with Crippen molar-refractivity contribution >= 4 is 33.4 Å². The summed E-state index contributed by atoms with van der Waals surface area (Å²) in [4.78, 5) is 14.5. The van der Waals surface area contributed by atoms with Crippen LogP contribution < -0.4 is 0 Å². The molecule has 2 rings (SSSR count). The summed E-state index contributed by atoms with van der Waals surface area (Å²) in [5, 5.41) is 0. The zero-order valence-electron chi connectivity index (χ0n) is 11.0. The first kappa shape index (κ1) is 14.8. The van der Waals surface area contributed by atoms with Gasteiger partial charge in [0.25, 0.3) is 5.91 Å².